The number of carbonyl (C=O) groups excluding carboxylic acids is 2. The molecule has 9 heteroatoms. The van der Waals surface area contributed by atoms with Gasteiger partial charge in [0.1, 0.15) is 10.8 Å². The van der Waals surface area contributed by atoms with Crippen LogP contribution in [0.4, 0.5) is 0 Å². The van der Waals surface area contributed by atoms with Crippen molar-refractivity contribution in [3.05, 3.63) is 17.5 Å². The number of nitrogens with one attached hydrogen (secondary N) is 2. The minimum absolute atomic E-state index is 0.113. The van der Waals surface area contributed by atoms with Crippen molar-refractivity contribution in [2.45, 2.75) is 42.9 Å². The minimum atomic E-state index is -3.71. The van der Waals surface area contributed by atoms with Crippen LogP contribution in [0.25, 0.3) is 0 Å². The number of ether oxygens (including phenoxy) is 1. The van der Waals surface area contributed by atoms with Crippen LogP contribution in [0.1, 0.15) is 32.6 Å². The van der Waals surface area contributed by atoms with Gasteiger partial charge in [-0.2, -0.15) is 4.72 Å². The third kappa shape index (κ3) is 5.57. The van der Waals surface area contributed by atoms with Crippen LogP contribution in [0.2, 0.25) is 0 Å². The fraction of sp³-hybridized carbons (Fsp3) is 0.600. The fourth-order valence-corrected chi connectivity index (χ4v) is 4.62. The molecule has 0 saturated heterocycles. The molecule has 0 radical (unpaired) electrons. The van der Waals surface area contributed by atoms with Crippen molar-refractivity contribution < 1.29 is 22.7 Å². The third-order valence-corrected chi connectivity index (χ3v) is 6.79. The molecule has 0 bridgehead atoms. The Labute approximate surface area is 145 Å². The summed E-state index contributed by atoms with van der Waals surface area (Å²) in [6, 6.07) is 3.16. The van der Waals surface area contributed by atoms with Gasteiger partial charge in [-0.15, -0.1) is 11.3 Å². The summed E-state index contributed by atoms with van der Waals surface area (Å²) in [7, 11) is -3.71. The molecule has 2 unspecified atom stereocenters. The number of thiophene rings is 1. The zero-order chi connectivity index (χ0) is 17.6. The maximum atomic E-state index is 11.8. The highest BCUT2D eigenvalue weighted by Gasteiger charge is 2.23. The minimum Gasteiger partial charge on any atom is -0.455 e. The Balaban J connectivity index is 1.70. The van der Waals surface area contributed by atoms with Crippen molar-refractivity contribution >= 4 is 33.2 Å². The highest BCUT2D eigenvalue weighted by molar-refractivity contribution is 7.91. The van der Waals surface area contributed by atoms with Gasteiger partial charge >= 0.3 is 5.97 Å². The van der Waals surface area contributed by atoms with Crippen LogP contribution in [0, 0.1) is 5.92 Å². The quantitative estimate of drug-likeness (QED) is 0.700. The van der Waals surface area contributed by atoms with E-state index in [9.17, 15) is 18.0 Å². The second kappa shape index (κ2) is 8.59. The lowest BCUT2D eigenvalue weighted by Crippen LogP contribution is -2.43. The molecule has 24 heavy (non-hydrogen) atoms. The largest absolute Gasteiger partial charge is 0.455 e. The second-order valence-electron chi connectivity index (χ2n) is 5.85. The first-order chi connectivity index (χ1) is 11.4. The maximum absolute atomic E-state index is 11.8. The van der Waals surface area contributed by atoms with Crippen molar-refractivity contribution in [2.75, 3.05) is 13.2 Å². The number of carbonyl (C=O) groups is 2. The summed E-state index contributed by atoms with van der Waals surface area (Å²) in [6.07, 6.45) is 4.27. The van der Waals surface area contributed by atoms with Gasteiger partial charge in [-0.1, -0.05) is 25.8 Å². The van der Waals surface area contributed by atoms with E-state index in [2.05, 4.69) is 17.0 Å². The van der Waals surface area contributed by atoms with E-state index >= 15 is 0 Å². The number of amides is 1. The van der Waals surface area contributed by atoms with E-state index in [0.29, 0.717) is 5.92 Å². The standard InChI is InChI=1S/C15H22N2O5S2/c1-11-5-2-3-6-12(11)17-13(18)10-22-14(19)9-16-24(20,21)15-7-4-8-23-15/h4,7-8,11-12,16H,2-3,5-6,9-10H2,1H3,(H,17,18). The van der Waals surface area contributed by atoms with Gasteiger partial charge in [0.15, 0.2) is 6.61 Å². The summed E-state index contributed by atoms with van der Waals surface area (Å²) >= 11 is 1.05. The average molecular weight is 374 g/mol. The van der Waals surface area contributed by atoms with E-state index in [4.69, 9.17) is 4.74 Å². The highest BCUT2D eigenvalue weighted by atomic mass is 32.2. The van der Waals surface area contributed by atoms with E-state index in [1.807, 2.05) is 0 Å². The van der Waals surface area contributed by atoms with Gasteiger partial charge in [-0.25, -0.2) is 8.42 Å². The Hall–Kier alpha value is -1.45. The number of hydrogen-bond acceptors (Lipinski definition) is 6. The topological polar surface area (TPSA) is 102 Å². The second-order valence-corrected chi connectivity index (χ2v) is 8.79. The molecule has 1 aliphatic carbocycles. The third-order valence-electron chi connectivity index (χ3n) is 3.99. The first kappa shape index (κ1) is 18.9. The number of hydrogen-bond donors (Lipinski definition) is 2. The van der Waals surface area contributed by atoms with Gasteiger partial charge in [-0.3, -0.25) is 9.59 Å². The molecule has 1 aliphatic rings. The molecule has 1 aromatic rings. The maximum Gasteiger partial charge on any atom is 0.321 e. The van der Waals surface area contributed by atoms with Crippen molar-refractivity contribution in [1.82, 2.24) is 10.0 Å². The predicted octanol–water partition coefficient (Wildman–Crippen LogP) is 1.26. The molecule has 0 aliphatic heterocycles. The van der Waals surface area contributed by atoms with Crippen molar-refractivity contribution in [2.24, 2.45) is 5.92 Å². The normalized spacial score (nSPS) is 21.2. The zero-order valence-corrected chi connectivity index (χ0v) is 15.1. The summed E-state index contributed by atoms with van der Waals surface area (Å²) in [5.41, 5.74) is 0. The monoisotopic (exact) mass is 374 g/mol. The first-order valence-corrected chi connectivity index (χ1v) is 10.2. The molecule has 134 valence electrons. The van der Waals surface area contributed by atoms with Gasteiger partial charge in [0.05, 0.1) is 0 Å². The van der Waals surface area contributed by atoms with Gasteiger partial charge < -0.3 is 10.1 Å². The number of rotatable bonds is 7. The molecule has 1 heterocycles. The lowest BCUT2D eigenvalue weighted by atomic mass is 9.86. The van der Waals surface area contributed by atoms with Crippen LogP contribution >= 0.6 is 11.3 Å². The lowest BCUT2D eigenvalue weighted by molar-refractivity contribution is -0.147. The van der Waals surface area contributed by atoms with Crippen LogP contribution in [-0.4, -0.2) is 39.5 Å². The van der Waals surface area contributed by atoms with Crippen LogP contribution in [-0.2, 0) is 24.3 Å². The van der Waals surface area contributed by atoms with E-state index in [1.54, 1.807) is 11.4 Å². The van der Waals surface area contributed by atoms with Crippen molar-refractivity contribution in [3.63, 3.8) is 0 Å². The van der Waals surface area contributed by atoms with E-state index in [1.165, 1.54) is 12.5 Å². The summed E-state index contributed by atoms with van der Waals surface area (Å²) < 4.78 is 30.8. The van der Waals surface area contributed by atoms with Gasteiger partial charge in [0.25, 0.3) is 15.9 Å². The first-order valence-electron chi connectivity index (χ1n) is 7.86. The average Bonchev–Trinajstić information content (AvgIpc) is 3.09. The smallest absolute Gasteiger partial charge is 0.321 e. The Bertz CT molecular complexity index is 657. The molecular formula is C15H22N2O5S2. The molecule has 1 aromatic heterocycles. The summed E-state index contributed by atoms with van der Waals surface area (Å²) in [6.45, 7) is 1.19. The van der Waals surface area contributed by atoms with Crippen LogP contribution in [0.5, 0.6) is 0 Å². The SMILES string of the molecule is CC1CCCCC1NC(=O)COC(=O)CNS(=O)(=O)c1cccs1. The van der Waals surface area contributed by atoms with Crippen LogP contribution in [0.3, 0.4) is 0 Å². The van der Waals surface area contributed by atoms with Gasteiger partial charge in [0, 0.05) is 6.04 Å². The number of esters is 1. The molecule has 1 amide bonds. The number of sulfonamides is 1. The van der Waals surface area contributed by atoms with Crippen molar-refractivity contribution in [3.8, 4) is 0 Å². The Kier molecular flexibility index (Phi) is 6.76. The van der Waals surface area contributed by atoms with Crippen LogP contribution in [0.15, 0.2) is 21.7 Å². The molecule has 0 spiro atoms. The molecule has 0 aromatic carbocycles. The molecular weight excluding hydrogens is 352 g/mol. The van der Waals surface area contributed by atoms with E-state index in [-0.39, 0.29) is 16.2 Å². The van der Waals surface area contributed by atoms with Crippen LogP contribution < -0.4 is 10.0 Å². The Morgan fingerprint density at radius 1 is 1.33 bits per heavy atom. The summed E-state index contributed by atoms with van der Waals surface area (Å²) in [4.78, 5) is 23.4. The molecule has 1 fully saturated rings. The molecule has 2 atom stereocenters. The highest BCUT2D eigenvalue weighted by Crippen LogP contribution is 2.23. The Morgan fingerprint density at radius 3 is 2.75 bits per heavy atom. The summed E-state index contributed by atoms with van der Waals surface area (Å²) in [5.74, 6) is -0.735. The molecule has 2 N–H and O–H groups in total. The Morgan fingerprint density at radius 2 is 2.08 bits per heavy atom. The van der Waals surface area contributed by atoms with Gasteiger partial charge in [0.2, 0.25) is 0 Å². The van der Waals surface area contributed by atoms with Crippen molar-refractivity contribution in [1.29, 1.82) is 0 Å². The fourth-order valence-electron chi connectivity index (χ4n) is 2.62. The molecule has 7 nitrogen and oxygen atoms in total. The molecule has 2 rings (SSSR count). The lowest BCUT2D eigenvalue weighted by Gasteiger charge is -2.29. The molecule has 1 saturated carbocycles. The van der Waals surface area contributed by atoms with Gasteiger partial charge in [-0.05, 0) is 30.2 Å². The zero-order valence-electron chi connectivity index (χ0n) is 13.5. The summed E-state index contributed by atoms with van der Waals surface area (Å²) in [5, 5.41) is 4.49. The van der Waals surface area contributed by atoms with E-state index < -0.39 is 29.1 Å². The predicted molar refractivity (Wildman–Crippen MR) is 90.0 cm³/mol. The van der Waals surface area contributed by atoms with E-state index in [0.717, 1.165) is 30.6 Å².